The first-order chi connectivity index (χ1) is 9.65. The van der Waals surface area contributed by atoms with Crippen LogP contribution in [-0.2, 0) is 0 Å². The van der Waals surface area contributed by atoms with Gasteiger partial charge in [-0.15, -0.1) is 11.8 Å². The Morgan fingerprint density at radius 1 is 1.25 bits per heavy atom. The van der Waals surface area contributed by atoms with E-state index in [4.69, 9.17) is 4.74 Å². The van der Waals surface area contributed by atoms with Crippen molar-refractivity contribution in [2.45, 2.75) is 10.8 Å². The number of benzene rings is 2. The first-order valence-corrected chi connectivity index (χ1v) is 7.92. The molecule has 20 heavy (non-hydrogen) atoms. The van der Waals surface area contributed by atoms with Gasteiger partial charge in [0.1, 0.15) is 0 Å². The highest BCUT2D eigenvalue weighted by Gasteiger charge is 2.24. The normalized spacial score (nSPS) is 17.1. The van der Waals surface area contributed by atoms with Crippen molar-refractivity contribution in [1.29, 1.82) is 0 Å². The lowest BCUT2D eigenvalue weighted by atomic mass is 10.0. The molecule has 104 valence electrons. The number of halogens is 3. The molecule has 1 heterocycles. The van der Waals surface area contributed by atoms with Crippen LogP contribution >= 0.6 is 27.7 Å². The van der Waals surface area contributed by atoms with Crippen LogP contribution in [0.1, 0.15) is 11.5 Å². The molecular weight excluding hydrogens is 346 g/mol. The molecule has 1 aliphatic heterocycles. The number of rotatable bonds is 3. The average molecular weight is 357 g/mol. The molecular formula is C15H11BrF2OS. The molecule has 1 nitrogen and oxygen atoms in total. The van der Waals surface area contributed by atoms with Crippen LogP contribution in [0.15, 0.2) is 45.8 Å². The van der Waals surface area contributed by atoms with E-state index in [0.717, 1.165) is 11.8 Å². The molecule has 3 rings (SSSR count). The van der Waals surface area contributed by atoms with Crippen LogP contribution in [0.4, 0.5) is 8.78 Å². The molecule has 2 aromatic rings. The fraction of sp³-hybridized carbons (Fsp3) is 0.200. The van der Waals surface area contributed by atoms with Crippen molar-refractivity contribution < 1.29 is 13.5 Å². The molecule has 0 saturated heterocycles. The molecule has 0 saturated carbocycles. The maximum atomic E-state index is 13.6. The minimum absolute atomic E-state index is 0.0498. The molecule has 1 unspecified atom stereocenters. The Morgan fingerprint density at radius 2 is 2.05 bits per heavy atom. The Kier molecular flexibility index (Phi) is 3.98. The van der Waals surface area contributed by atoms with Gasteiger partial charge in [0.2, 0.25) is 5.82 Å². The molecule has 0 aliphatic carbocycles. The molecule has 0 N–H and O–H groups in total. The third-order valence-electron chi connectivity index (χ3n) is 3.20. The van der Waals surface area contributed by atoms with Gasteiger partial charge < -0.3 is 4.74 Å². The summed E-state index contributed by atoms with van der Waals surface area (Å²) in [5.41, 5.74) is 1.22. The summed E-state index contributed by atoms with van der Waals surface area (Å²) in [6.07, 6.45) is 0. The zero-order valence-corrected chi connectivity index (χ0v) is 12.8. The van der Waals surface area contributed by atoms with E-state index in [1.807, 2.05) is 12.1 Å². The van der Waals surface area contributed by atoms with Crippen molar-refractivity contribution in [3.8, 4) is 5.75 Å². The SMILES string of the molecule is Fc1cc(Br)cc(OCC2CSc3ccccc32)c1F. The molecule has 1 aliphatic rings. The first-order valence-electron chi connectivity index (χ1n) is 6.14. The molecule has 0 radical (unpaired) electrons. The monoisotopic (exact) mass is 356 g/mol. The second-order valence-corrected chi connectivity index (χ2v) is 6.53. The highest BCUT2D eigenvalue weighted by atomic mass is 79.9. The van der Waals surface area contributed by atoms with Crippen molar-refractivity contribution >= 4 is 27.7 Å². The first kappa shape index (κ1) is 13.9. The summed E-state index contributed by atoms with van der Waals surface area (Å²) in [6, 6.07) is 10.6. The van der Waals surface area contributed by atoms with Crippen molar-refractivity contribution in [1.82, 2.24) is 0 Å². The molecule has 2 aromatic carbocycles. The van der Waals surface area contributed by atoms with Crippen molar-refractivity contribution in [2.75, 3.05) is 12.4 Å². The van der Waals surface area contributed by atoms with Gasteiger partial charge in [-0.25, -0.2) is 4.39 Å². The average Bonchev–Trinajstić information content (AvgIpc) is 2.84. The second kappa shape index (κ2) is 5.74. The summed E-state index contributed by atoms with van der Waals surface area (Å²) in [6.45, 7) is 0.344. The topological polar surface area (TPSA) is 9.23 Å². The smallest absolute Gasteiger partial charge is 0.200 e. The number of thioether (sulfide) groups is 1. The largest absolute Gasteiger partial charge is 0.490 e. The van der Waals surface area contributed by atoms with Gasteiger partial charge in [-0.2, -0.15) is 4.39 Å². The van der Waals surface area contributed by atoms with Crippen LogP contribution < -0.4 is 4.74 Å². The van der Waals surface area contributed by atoms with E-state index in [1.54, 1.807) is 11.8 Å². The lowest BCUT2D eigenvalue weighted by molar-refractivity contribution is 0.278. The van der Waals surface area contributed by atoms with Gasteiger partial charge >= 0.3 is 0 Å². The molecule has 0 fully saturated rings. The maximum absolute atomic E-state index is 13.6. The number of ether oxygens (including phenoxy) is 1. The van der Waals surface area contributed by atoms with Crippen LogP contribution in [0.3, 0.4) is 0 Å². The number of fused-ring (bicyclic) bond motifs is 1. The molecule has 0 aromatic heterocycles. The predicted molar refractivity (Wildman–Crippen MR) is 79.5 cm³/mol. The predicted octanol–water partition coefficient (Wildman–Crippen LogP) is 5.00. The van der Waals surface area contributed by atoms with Gasteiger partial charge in [0.25, 0.3) is 0 Å². The number of hydrogen-bond acceptors (Lipinski definition) is 2. The van der Waals surface area contributed by atoms with Crippen LogP contribution in [0.5, 0.6) is 5.75 Å². The van der Waals surface area contributed by atoms with E-state index >= 15 is 0 Å². The quantitative estimate of drug-likeness (QED) is 0.716. The summed E-state index contributed by atoms with van der Waals surface area (Å²) in [5.74, 6) is -0.788. The Morgan fingerprint density at radius 3 is 2.90 bits per heavy atom. The van der Waals surface area contributed by atoms with Crippen LogP contribution in [0.2, 0.25) is 0 Å². The molecule has 0 bridgehead atoms. The lowest BCUT2D eigenvalue weighted by Gasteiger charge is -2.13. The van der Waals surface area contributed by atoms with E-state index in [9.17, 15) is 8.78 Å². The Balaban J connectivity index is 1.75. The molecule has 0 spiro atoms. The van der Waals surface area contributed by atoms with E-state index in [2.05, 4.69) is 28.1 Å². The van der Waals surface area contributed by atoms with Crippen molar-refractivity contribution in [2.24, 2.45) is 0 Å². The third-order valence-corrected chi connectivity index (χ3v) is 4.91. The second-order valence-electron chi connectivity index (χ2n) is 4.56. The zero-order chi connectivity index (χ0) is 14.1. The lowest BCUT2D eigenvalue weighted by Crippen LogP contribution is -2.11. The molecule has 1 atom stereocenters. The van der Waals surface area contributed by atoms with Gasteiger partial charge in [0, 0.05) is 21.0 Å². The van der Waals surface area contributed by atoms with E-state index in [-0.39, 0.29) is 11.7 Å². The summed E-state index contributed by atoms with van der Waals surface area (Å²) < 4.78 is 32.9. The zero-order valence-electron chi connectivity index (χ0n) is 10.4. The minimum atomic E-state index is -0.938. The van der Waals surface area contributed by atoms with Gasteiger partial charge in [-0.05, 0) is 23.8 Å². The van der Waals surface area contributed by atoms with Gasteiger partial charge in [-0.1, -0.05) is 34.1 Å². The molecule has 0 amide bonds. The third kappa shape index (κ3) is 2.69. The highest BCUT2D eigenvalue weighted by Crippen LogP contribution is 2.39. The fourth-order valence-electron chi connectivity index (χ4n) is 2.20. The van der Waals surface area contributed by atoms with E-state index < -0.39 is 11.6 Å². The van der Waals surface area contributed by atoms with Crippen molar-refractivity contribution in [3.05, 3.63) is 58.1 Å². The van der Waals surface area contributed by atoms with Crippen LogP contribution in [-0.4, -0.2) is 12.4 Å². The summed E-state index contributed by atoms with van der Waals surface area (Å²) in [5, 5.41) is 0. The standard InChI is InChI=1S/C15H11BrF2OS/c16-10-5-12(17)15(18)13(6-10)19-7-9-8-20-14-4-2-1-3-11(9)14/h1-6,9H,7-8H2. The van der Waals surface area contributed by atoms with E-state index in [1.165, 1.54) is 16.5 Å². The van der Waals surface area contributed by atoms with Crippen molar-refractivity contribution in [3.63, 3.8) is 0 Å². The van der Waals surface area contributed by atoms with Gasteiger partial charge in [0.15, 0.2) is 11.6 Å². The minimum Gasteiger partial charge on any atom is -0.490 e. The number of hydrogen-bond donors (Lipinski definition) is 0. The van der Waals surface area contributed by atoms with Crippen LogP contribution in [0, 0.1) is 11.6 Å². The summed E-state index contributed by atoms with van der Waals surface area (Å²) in [4.78, 5) is 1.24. The highest BCUT2D eigenvalue weighted by molar-refractivity contribution is 9.10. The fourth-order valence-corrected chi connectivity index (χ4v) is 3.84. The van der Waals surface area contributed by atoms with E-state index in [0.29, 0.717) is 11.1 Å². The summed E-state index contributed by atoms with van der Waals surface area (Å²) >= 11 is 4.90. The Hall–Kier alpha value is -1.07. The Bertz CT molecular complexity index is 648. The Labute approximate surface area is 128 Å². The van der Waals surface area contributed by atoms with Crippen LogP contribution in [0.25, 0.3) is 0 Å². The summed E-state index contributed by atoms with van der Waals surface area (Å²) in [7, 11) is 0. The van der Waals surface area contributed by atoms with Gasteiger partial charge in [0.05, 0.1) is 6.61 Å². The maximum Gasteiger partial charge on any atom is 0.200 e. The van der Waals surface area contributed by atoms with Gasteiger partial charge in [-0.3, -0.25) is 0 Å². The molecule has 5 heteroatoms.